The fraction of sp³-hybridized carbons (Fsp3) is 0.538. The van der Waals surface area contributed by atoms with Crippen LogP contribution in [0.5, 0.6) is 0 Å². The van der Waals surface area contributed by atoms with Gasteiger partial charge in [-0.15, -0.1) is 0 Å². The number of halogens is 1. The van der Waals surface area contributed by atoms with Gasteiger partial charge in [0.2, 0.25) is 10.0 Å². The summed E-state index contributed by atoms with van der Waals surface area (Å²) < 4.78 is 43.8. The van der Waals surface area contributed by atoms with Gasteiger partial charge in [-0.25, -0.2) is 12.8 Å². The third-order valence-electron chi connectivity index (χ3n) is 3.21. The van der Waals surface area contributed by atoms with E-state index in [1.165, 1.54) is 16.4 Å². The van der Waals surface area contributed by atoms with Crippen LogP contribution in [-0.4, -0.2) is 44.3 Å². The minimum absolute atomic E-state index is 0.0969. The third-order valence-corrected chi connectivity index (χ3v) is 5.06. The molecule has 0 aliphatic carbocycles. The van der Waals surface area contributed by atoms with E-state index in [0.717, 1.165) is 5.56 Å². The maximum Gasteiger partial charge on any atom is 0.213 e. The van der Waals surface area contributed by atoms with E-state index in [1.54, 1.807) is 13.0 Å². The van der Waals surface area contributed by atoms with E-state index in [9.17, 15) is 12.8 Å². The molecule has 1 saturated heterocycles. The van der Waals surface area contributed by atoms with Crippen LogP contribution in [0.3, 0.4) is 0 Å². The SMILES string of the molecule is CCS(=O)(=O)N1CCOC(Cc2cccc(F)c2)C1. The number of benzene rings is 1. The molecule has 1 unspecified atom stereocenters. The normalized spacial score (nSPS) is 21.5. The summed E-state index contributed by atoms with van der Waals surface area (Å²) in [6, 6.07) is 6.31. The zero-order valence-electron chi connectivity index (χ0n) is 10.9. The number of nitrogens with zero attached hydrogens (tertiary/aromatic N) is 1. The lowest BCUT2D eigenvalue weighted by Gasteiger charge is -2.32. The lowest BCUT2D eigenvalue weighted by molar-refractivity contribution is -0.000469. The number of hydrogen-bond donors (Lipinski definition) is 0. The highest BCUT2D eigenvalue weighted by Crippen LogP contribution is 2.15. The number of ether oxygens (including phenoxy) is 1. The van der Waals surface area contributed by atoms with E-state index in [2.05, 4.69) is 0 Å². The van der Waals surface area contributed by atoms with E-state index < -0.39 is 10.0 Å². The van der Waals surface area contributed by atoms with Crippen LogP contribution in [0.25, 0.3) is 0 Å². The van der Waals surface area contributed by atoms with Crippen LogP contribution in [0.1, 0.15) is 12.5 Å². The molecule has 0 radical (unpaired) electrons. The fourth-order valence-corrected chi connectivity index (χ4v) is 3.29. The van der Waals surface area contributed by atoms with Gasteiger partial charge in [0.15, 0.2) is 0 Å². The van der Waals surface area contributed by atoms with Crippen molar-refractivity contribution in [2.24, 2.45) is 0 Å². The van der Waals surface area contributed by atoms with Crippen LogP contribution in [0, 0.1) is 5.82 Å². The highest BCUT2D eigenvalue weighted by molar-refractivity contribution is 7.89. The molecule has 1 heterocycles. The first-order chi connectivity index (χ1) is 9.01. The van der Waals surface area contributed by atoms with Gasteiger partial charge in [-0.3, -0.25) is 0 Å². The van der Waals surface area contributed by atoms with Crippen LogP contribution in [0.4, 0.5) is 4.39 Å². The second-order valence-corrected chi connectivity index (χ2v) is 6.84. The van der Waals surface area contributed by atoms with Gasteiger partial charge in [0.1, 0.15) is 5.82 Å². The topological polar surface area (TPSA) is 46.6 Å². The van der Waals surface area contributed by atoms with Crippen molar-refractivity contribution in [2.45, 2.75) is 19.4 Å². The summed E-state index contributed by atoms with van der Waals surface area (Å²) in [5.74, 6) is -0.189. The van der Waals surface area contributed by atoms with Crippen LogP contribution in [0.2, 0.25) is 0 Å². The summed E-state index contributed by atoms with van der Waals surface area (Å²) in [4.78, 5) is 0. The largest absolute Gasteiger partial charge is 0.375 e. The van der Waals surface area contributed by atoms with Crippen molar-refractivity contribution < 1.29 is 17.5 Å². The lowest BCUT2D eigenvalue weighted by Crippen LogP contribution is -2.46. The molecule has 1 aliphatic rings. The molecule has 0 aromatic heterocycles. The highest BCUT2D eigenvalue weighted by atomic mass is 32.2. The molecule has 0 saturated carbocycles. The molecule has 19 heavy (non-hydrogen) atoms. The van der Waals surface area contributed by atoms with Gasteiger partial charge in [0.05, 0.1) is 18.5 Å². The van der Waals surface area contributed by atoms with Crippen molar-refractivity contribution >= 4 is 10.0 Å². The molecule has 1 fully saturated rings. The first-order valence-electron chi connectivity index (χ1n) is 6.35. The monoisotopic (exact) mass is 287 g/mol. The summed E-state index contributed by atoms with van der Waals surface area (Å²) in [7, 11) is -3.18. The molecule has 1 atom stereocenters. The lowest BCUT2D eigenvalue weighted by atomic mass is 10.1. The van der Waals surface area contributed by atoms with E-state index >= 15 is 0 Å². The molecular weight excluding hydrogens is 269 g/mol. The minimum atomic E-state index is -3.18. The van der Waals surface area contributed by atoms with E-state index in [1.807, 2.05) is 6.07 Å². The van der Waals surface area contributed by atoms with E-state index in [-0.39, 0.29) is 17.7 Å². The maximum atomic E-state index is 13.1. The van der Waals surface area contributed by atoms with Gasteiger partial charge in [-0.1, -0.05) is 12.1 Å². The van der Waals surface area contributed by atoms with Gasteiger partial charge in [-0.2, -0.15) is 4.31 Å². The summed E-state index contributed by atoms with van der Waals surface area (Å²) in [5, 5.41) is 0. The Morgan fingerprint density at radius 3 is 2.95 bits per heavy atom. The molecule has 2 rings (SSSR count). The molecular formula is C13H18FNO3S. The smallest absolute Gasteiger partial charge is 0.213 e. The van der Waals surface area contributed by atoms with Gasteiger partial charge >= 0.3 is 0 Å². The predicted octanol–water partition coefficient (Wildman–Crippen LogP) is 1.42. The number of sulfonamides is 1. The first kappa shape index (κ1) is 14.4. The Morgan fingerprint density at radius 1 is 1.47 bits per heavy atom. The van der Waals surface area contributed by atoms with Crippen LogP contribution < -0.4 is 0 Å². The quantitative estimate of drug-likeness (QED) is 0.841. The van der Waals surface area contributed by atoms with Gasteiger partial charge < -0.3 is 4.74 Å². The fourth-order valence-electron chi connectivity index (χ4n) is 2.18. The highest BCUT2D eigenvalue weighted by Gasteiger charge is 2.28. The van der Waals surface area contributed by atoms with Gasteiger partial charge in [-0.05, 0) is 24.6 Å². The second kappa shape index (κ2) is 5.98. The average molecular weight is 287 g/mol. The number of morpholine rings is 1. The summed E-state index contributed by atoms with van der Waals surface area (Å²) >= 11 is 0. The van der Waals surface area contributed by atoms with Crippen LogP contribution in [-0.2, 0) is 21.2 Å². The first-order valence-corrected chi connectivity index (χ1v) is 7.96. The molecule has 0 amide bonds. The summed E-state index contributed by atoms with van der Waals surface area (Å²) in [5.41, 5.74) is 0.820. The van der Waals surface area contributed by atoms with Crippen LogP contribution in [0.15, 0.2) is 24.3 Å². The Bertz CT molecular complexity index is 532. The molecule has 4 nitrogen and oxygen atoms in total. The van der Waals surface area contributed by atoms with Crippen LogP contribution >= 0.6 is 0 Å². The predicted molar refractivity (Wildman–Crippen MR) is 70.9 cm³/mol. The Morgan fingerprint density at radius 2 is 2.26 bits per heavy atom. The molecule has 0 bridgehead atoms. The standard InChI is InChI=1S/C13H18FNO3S/c1-2-19(16,17)15-6-7-18-13(10-15)9-11-4-3-5-12(14)8-11/h3-5,8,13H,2,6-7,9-10H2,1H3. The third kappa shape index (κ3) is 3.75. The summed E-state index contributed by atoms with van der Waals surface area (Å²) in [6.07, 6.45) is 0.310. The van der Waals surface area contributed by atoms with Gasteiger partial charge in [0.25, 0.3) is 0 Å². The van der Waals surface area contributed by atoms with E-state index in [0.29, 0.717) is 26.1 Å². The number of hydrogen-bond acceptors (Lipinski definition) is 3. The Kier molecular flexibility index (Phi) is 4.54. The number of rotatable bonds is 4. The van der Waals surface area contributed by atoms with Crippen molar-refractivity contribution in [2.75, 3.05) is 25.4 Å². The Labute approximate surface area is 113 Å². The minimum Gasteiger partial charge on any atom is -0.375 e. The molecule has 1 aromatic rings. The van der Waals surface area contributed by atoms with Crippen molar-refractivity contribution in [3.8, 4) is 0 Å². The van der Waals surface area contributed by atoms with Crippen molar-refractivity contribution in [1.82, 2.24) is 4.31 Å². The Balaban J connectivity index is 2.02. The molecule has 1 aromatic carbocycles. The zero-order chi connectivity index (χ0) is 13.9. The van der Waals surface area contributed by atoms with Crippen molar-refractivity contribution in [3.63, 3.8) is 0 Å². The molecule has 1 aliphatic heterocycles. The Hall–Kier alpha value is -0.980. The molecule has 0 N–H and O–H groups in total. The zero-order valence-corrected chi connectivity index (χ0v) is 11.7. The second-order valence-electron chi connectivity index (χ2n) is 4.59. The van der Waals surface area contributed by atoms with Crippen molar-refractivity contribution in [3.05, 3.63) is 35.6 Å². The van der Waals surface area contributed by atoms with E-state index in [4.69, 9.17) is 4.74 Å². The van der Waals surface area contributed by atoms with Crippen molar-refractivity contribution in [1.29, 1.82) is 0 Å². The molecule has 106 valence electrons. The van der Waals surface area contributed by atoms with Gasteiger partial charge in [0, 0.05) is 19.5 Å². The maximum absolute atomic E-state index is 13.1. The average Bonchev–Trinajstić information content (AvgIpc) is 2.39. The summed E-state index contributed by atoms with van der Waals surface area (Å²) in [6.45, 7) is 2.76. The molecule has 0 spiro atoms. The molecule has 6 heteroatoms.